The number of hydrogen-bond acceptors (Lipinski definition) is 6. The fourth-order valence-electron chi connectivity index (χ4n) is 3.48. The average molecular weight is 674 g/mol. The summed E-state index contributed by atoms with van der Waals surface area (Å²) in [5.74, 6) is 0.209. The monoisotopic (exact) mass is 674 g/mol. The molecule has 0 radical (unpaired) electrons. The molecular formula is C32H29F2IO6. The van der Waals surface area contributed by atoms with Crippen LogP contribution >= 0.6 is 22.6 Å². The predicted molar refractivity (Wildman–Crippen MR) is 159 cm³/mol. The minimum absolute atomic E-state index is 0.211. The second-order valence-corrected chi connectivity index (χ2v) is 9.90. The van der Waals surface area contributed by atoms with Crippen molar-refractivity contribution >= 4 is 34.5 Å². The highest BCUT2D eigenvalue weighted by Gasteiger charge is 2.09. The van der Waals surface area contributed by atoms with Gasteiger partial charge < -0.3 is 18.9 Å². The normalized spacial score (nSPS) is 10.2. The molecule has 6 nitrogen and oxygen atoms in total. The van der Waals surface area contributed by atoms with Gasteiger partial charge in [-0.2, -0.15) is 0 Å². The van der Waals surface area contributed by atoms with Crippen LogP contribution in [0.1, 0.15) is 22.3 Å². The van der Waals surface area contributed by atoms with Crippen molar-refractivity contribution < 1.29 is 37.3 Å². The van der Waals surface area contributed by atoms with Crippen molar-refractivity contribution in [1.82, 2.24) is 0 Å². The van der Waals surface area contributed by atoms with E-state index in [1.54, 1.807) is 30.3 Å². The van der Waals surface area contributed by atoms with Crippen molar-refractivity contribution in [2.24, 2.45) is 0 Å². The summed E-state index contributed by atoms with van der Waals surface area (Å²) in [5.41, 5.74) is 3.45. The van der Waals surface area contributed by atoms with Crippen LogP contribution in [-0.4, -0.2) is 26.2 Å². The van der Waals surface area contributed by atoms with Crippen molar-refractivity contribution in [3.8, 4) is 11.5 Å². The van der Waals surface area contributed by atoms with Crippen LogP contribution in [0, 0.1) is 15.2 Å². The van der Waals surface area contributed by atoms with E-state index in [1.807, 2.05) is 36.4 Å². The van der Waals surface area contributed by atoms with Gasteiger partial charge in [0, 0.05) is 3.57 Å². The first-order valence-corrected chi connectivity index (χ1v) is 13.6. The summed E-state index contributed by atoms with van der Waals surface area (Å²) in [7, 11) is 2.72. The summed E-state index contributed by atoms with van der Waals surface area (Å²) in [6, 6.07) is 25.1. The van der Waals surface area contributed by atoms with Crippen LogP contribution < -0.4 is 9.47 Å². The lowest BCUT2D eigenvalue weighted by atomic mass is 10.1. The van der Waals surface area contributed by atoms with E-state index in [1.165, 1.54) is 38.5 Å². The van der Waals surface area contributed by atoms with Gasteiger partial charge in [-0.25, -0.2) is 8.78 Å². The molecule has 0 saturated heterocycles. The first-order valence-electron chi connectivity index (χ1n) is 12.5. The largest absolute Gasteiger partial charge is 0.489 e. The third kappa shape index (κ3) is 11.2. The first-order chi connectivity index (χ1) is 19.7. The fraction of sp³-hybridized carbons (Fsp3) is 0.188. The zero-order valence-corrected chi connectivity index (χ0v) is 24.7. The lowest BCUT2D eigenvalue weighted by Gasteiger charge is -2.09. The lowest BCUT2D eigenvalue weighted by molar-refractivity contribution is -0.140. The highest BCUT2D eigenvalue weighted by Crippen LogP contribution is 2.22. The molecule has 0 heterocycles. The highest BCUT2D eigenvalue weighted by molar-refractivity contribution is 14.1. The van der Waals surface area contributed by atoms with Gasteiger partial charge >= 0.3 is 11.9 Å². The third-order valence-electron chi connectivity index (χ3n) is 5.69. The summed E-state index contributed by atoms with van der Waals surface area (Å²) in [5, 5.41) is 0. The molecule has 0 aliphatic carbocycles. The minimum Gasteiger partial charge on any atom is -0.489 e. The van der Waals surface area contributed by atoms with Crippen molar-refractivity contribution in [3.63, 3.8) is 0 Å². The van der Waals surface area contributed by atoms with Crippen LogP contribution in [0.2, 0.25) is 0 Å². The second-order valence-electron chi connectivity index (χ2n) is 8.74. The standard InChI is InChI=1S/C16H14FIO3.C16H15FO3/c1-20-16(19)9-12-8-14(6-7-15(12)18)21-10-11-2-4-13(17)5-3-11;1-19-16(18)10-13-3-2-4-15(9-13)20-11-12-5-7-14(17)8-6-12/h2-8H,9-10H2,1H3;2-9H,10-11H2,1H3. The van der Waals surface area contributed by atoms with Crippen molar-refractivity contribution in [2.45, 2.75) is 26.1 Å². The summed E-state index contributed by atoms with van der Waals surface area (Å²) in [4.78, 5) is 22.6. The molecule has 0 amide bonds. The number of carbonyl (C=O) groups excluding carboxylic acids is 2. The summed E-state index contributed by atoms with van der Waals surface area (Å²) in [6.45, 7) is 0.695. The number of rotatable bonds is 10. The molecule has 214 valence electrons. The Kier molecular flexibility index (Phi) is 12.6. The van der Waals surface area contributed by atoms with Crippen molar-refractivity contribution in [2.75, 3.05) is 14.2 Å². The Bertz CT molecular complexity index is 1430. The maximum Gasteiger partial charge on any atom is 0.310 e. The highest BCUT2D eigenvalue weighted by atomic mass is 127. The van der Waals surface area contributed by atoms with E-state index in [0.29, 0.717) is 24.7 Å². The van der Waals surface area contributed by atoms with Gasteiger partial charge in [-0.1, -0.05) is 36.4 Å². The Morgan fingerprint density at radius 2 is 1.15 bits per heavy atom. The predicted octanol–water partition coefficient (Wildman–Crippen LogP) is 6.85. The van der Waals surface area contributed by atoms with E-state index in [-0.39, 0.29) is 36.4 Å². The maximum absolute atomic E-state index is 12.8. The average Bonchev–Trinajstić information content (AvgIpc) is 2.98. The van der Waals surface area contributed by atoms with E-state index in [9.17, 15) is 18.4 Å². The van der Waals surface area contributed by atoms with Gasteiger partial charge in [0.25, 0.3) is 0 Å². The van der Waals surface area contributed by atoms with Crippen LogP contribution in [0.15, 0.2) is 91.0 Å². The molecule has 0 atom stereocenters. The molecule has 0 aliphatic rings. The number of methoxy groups -OCH3 is 2. The number of carbonyl (C=O) groups is 2. The molecule has 4 aromatic rings. The molecular weight excluding hydrogens is 645 g/mol. The van der Waals surface area contributed by atoms with E-state index in [4.69, 9.17) is 9.47 Å². The number of hydrogen-bond donors (Lipinski definition) is 0. The molecule has 0 aromatic heterocycles. The van der Waals surface area contributed by atoms with Gasteiger partial charge in [-0.3, -0.25) is 9.59 Å². The Hall–Kier alpha value is -3.99. The first kappa shape index (κ1) is 31.5. The smallest absolute Gasteiger partial charge is 0.310 e. The molecule has 0 spiro atoms. The molecule has 0 saturated carbocycles. The summed E-state index contributed by atoms with van der Waals surface area (Å²) >= 11 is 2.17. The minimum atomic E-state index is -0.291. The van der Waals surface area contributed by atoms with E-state index < -0.39 is 0 Å². The molecule has 0 fully saturated rings. The Morgan fingerprint density at radius 3 is 1.68 bits per heavy atom. The van der Waals surface area contributed by atoms with Crippen molar-refractivity contribution in [1.29, 1.82) is 0 Å². The van der Waals surface area contributed by atoms with Crippen LogP contribution in [0.25, 0.3) is 0 Å². The van der Waals surface area contributed by atoms with Crippen LogP contribution in [0.3, 0.4) is 0 Å². The van der Waals surface area contributed by atoms with E-state index in [0.717, 1.165) is 25.8 Å². The Morgan fingerprint density at radius 1 is 0.634 bits per heavy atom. The Labute approximate surface area is 251 Å². The van der Waals surface area contributed by atoms with Gasteiger partial charge in [-0.05, 0) is 99.4 Å². The second kappa shape index (κ2) is 16.3. The Balaban J connectivity index is 0.000000226. The van der Waals surface area contributed by atoms with Crippen LogP contribution in [0.4, 0.5) is 8.78 Å². The van der Waals surface area contributed by atoms with Gasteiger partial charge in [0.05, 0.1) is 27.1 Å². The number of benzene rings is 4. The number of halogens is 3. The number of esters is 2. The maximum atomic E-state index is 12.8. The lowest BCUT2D eigenvalue weighted by Crippen LogP contribution is -2.06. The van der Waals surface area contributed by atoms with Crippen LogP contribution in [0.5, 0.6) is 11.5 Å². The molecule has 0 aliphatic heterocycles. The third-order valence-corrected chi connectivity index (χ3v) is 6.74. The van der Waals surface area contributed by atoms with Gasteiger partial charge in [-0.15, -0.1) is 0 Å². The quantitative estimate of drug-likeness (QED) is 0.136. The summed E-state index contributed by atoms with van der Waals surface area (Å²) < 4.78 is 47.1. The molecule has 9 heteroatoms. The SMILES string of the molecule is COC(=O)Cc1cc(OCc2ccc(F)cc2)ccc1I.COC(=O)Cc1cccc(OCc2ccc(F)cc2)c1. The molecule has 4 rings (SSSR count). The van der Waals surface area contributed by atoms with Gasteiger partial charge in [0.15, 0.2) is 0 Å². The molecule has 0 N–H and O–H groups in total. The molecule has 41 heavy (non-hydrogen) atoms. The summed E-state index contributed by atoms with van der Waals surface area (Å²) in [6.07, 6.45) is 0.423. The topological polar surface area (TPSA) is 71.1 Å². The van der Waals surface area contributed by atoms with Crippen molar-refractivity contribution in [3.05, 3.63) is 128 Å². The van der Waals surface area contributed by atoms with Gasteiger partial charge in [0.2, 0.25) is 0 Å². The van der Waals surface area contributed by atoms with Crippen LogP contribution in [-0.2, 0) is 45.1 Å². The molecule has 0 bridgehead atoms. The zero-order chi connectivity index (χ0) is 29.6. The number of ether oxygens (including phenoxy) is 4. The van der Waals surface area contributed by atoms with E-state index in [2.05, 4.69) is 32.1 Å². The zero-order valence-electron chi connectivity index (χ0n) is 22.6. The van der Waals surface area contributed by atoms with Gasteiger partial charge in [0.1, 0.15) is 36.3 Å². The molecule has 0 unspecified atom stereocenters. The molecule has 4 aromatic carbocycles. The van der Waals surface area contributed by atoms with E-state index >= 15 is 0 Å². The fourth-order valence-corrected chi connectivity index (χ4v) is 4.01.